The van der Waals surface area contributed by atoms with Gasteiger partial charge in [0.2, 0.25) is 0 Å². The molecule has 0 atom stereocenters. The number of carbonyl (C=O) groups is 1. The molecule has 0 bridgehead atoms. The number of carbonyl (C=O) groups excluding carboxylic acids is 1. The molecule has 0 aliphatic heterocycles. The van der Waals surface area contributed by atoms with Crippen LogP contribution in [0.15, 0.2) is 59.4 Å². The number of aromatic nitrogens is 2. The van der Waals surface area contributed by atoms with Gasteiger partial charge in [0.05, 0.1) is 5.39 Å². The van der Waals surface area contributed by atoms with Crippen molar-refractivity contribution in [2.24, 2.45) is 11.7 Å². The van der Waals surface area contributed by atoms with E-state index in [4.69, 9.17) is 5.73 Å². The summed E-state index contributed by atoms with van der Waals surface area (Å²) in [6.07, 6.45) is 0.732. The third-order valence-corrected chi connectivity index (χ3v) is 4.81. The highest BCUT2D eigenvalue weighted by atomic mass is 35.5. The van der Waals surface area contributed by atoms with Crippen LogP contribution in [0.1, 0.15) is 29.9 Å². The number of nitrogens with zero attached hydrogens (tertiary/aromatic N) is 3. The first-order valence-electron chi connectivity index (χ1n) is 10.0. The summed E-state index contributed by atoms with van der Waals surface area (Å²) < 4.78 is 1.41. The molecule has 0 radical (unpaired) electrons. The number of hydrogen-bond donors (Lipinski definition) is 1. The zero-order valence-corrected chi connectivity index (χ0v) is 18.3. The normalized spacial score (nSPS) is 10.8. The lowest BCUT2D eigenvalue weighted by molar-refractivity contribution is 0.0755. The first-order chi connectivity index (χ1) is 14.0. The van der Waals surface area contributed by atoms with Gasteiger partial charge in [-0.05, 0) is 24.0 Å². The minimum Gasteiger partial charge on any atom is -0.336 e. The molecule has 7 heteroatoms. The molecule has 0 unspecified atom stereocenters. The Balaban J connectivity index is 0.00000320. The second kappa shape index (κ2) is 10.9. The smallest absolute Gasteiger partial charge is 0.275 e. The Kier molecular flexibility index (Phi) is 8.57. The molecule has 6 nitrogen and oxygen atoms in total. The van der Waals surface area contributed by atoms with Gasteiger partial charge >= 0.3 is 0 Å². The lowest BCUT2D eigenvalue weighted by atomic mass is 10.1. The van der Waals surface area contributed by atoms with Crippen LogP contribution in [0.4, 0.5) is 0 Å². The molecule has 0 spiro atoms. The Morgan fingerprint density at radius 1 is 1.03 bits per heavy atom. The van der Waals surface area contributed by atoms with Crippen molar-refractivity contribution in [3.8, 4) is 0 Å². The number of fused-ring (bicyclic) bond motifs is 1. The van der Waals surface area contributed by atoms with E-state index in [-0.39, 0.29) is 29.8 Å². The van der Waals surface area contributed by atoms with E-state index < -0.39 is 0 Å². The Labute approximate surface area is 183 Å². The van der Waals surface area contributed by atoms with E-state index in [9.17, 15) is 9.59 Å². The summed E-state index contributed by atoms with van der Waals surface area (Å²) in [5.74, 6) is 0.0441. The fraction of sp³-hybridized carbons (Fsp3) is 0.348. The van der Waals surface area contributed by atoms with Crippen molar-refractivity contribution in [2.45, 2.75) is 26.8 Å². The molecule has 0 aliphatic carbocycles. The molecule has 2 aromatic carbocycles. The molecule has 1 heterocycles. The van der Waals surface area contributed by atoms with Crippen molar-refractivity contribution in [1.29, 1.82) is 0 Å². The van der Waals surface area contributed by atoms with Gasteiger partial charge in [0, 0.05) is 31.6 Å². The van der Waals surface area contributed by atoms with Crippen LogP contribution in [-0.2, 0) is 13.0 Å². The van der Waals surface area contributed by atoms with E-state index in [1.807, 2.05) is 56.3 Å². The second-order valence-electron chi connectivity index (χ2n) is 7.59. The molecule has 1 amide bonds. The Hall–Kier alpha value is -2.70. The Morgan fingerprint density at radius 2 is 1.67 bits per heavy atom. The van der Waals surface area contributed by atoms with Crippen LogP contribution in [0.25, 0.3) is 10.8 Å². The van der Waals surface area contributed by atoms with Gasteiger partial charge < -0.3 is 10.6 Å². The first-order valence-corrected chi connectivity index (χ1v) is 10.0. The van der Waals surface area contributed by atoms with E-state index in [1.54, 1.807) is 17.0 Å². The molecule has 0 fully saturated rings. The molecule has 0 saturated carbocycles. The molecule has 0 aliphatic rings. The van der Waals surface area contributed by atoms with Crippen molar-refractivity contribution in [2.75, 3.05) is 19.6 Å². The van der Waals surface area contributed by atoms with E-state index in [2.05, 4.69) is 5.10 Å². The third kappa shape index (κ3) is 5.46. The predicted molar refractivity (Wildman–Crippen MR) is 123 cm³/mol. The average molecular weight is 429 g/mol. The lowest BCUT2D eigenvalue weighted by Crippen LogP contribution is -2.39. The SMILES string of the molecule is CC(C)Cn1nc(C(=O)N(CCN)CCc2ccccc2)c2ccccc2c1=O.Cl. The Morgan fingerprint density at radius 3 is 2.30 bits per heavy atom. The van der Waals surface area contributed by atoms with Gasteiger partial charge in [-0.25, -0.2) is 4.68 Å². The summed E-state index contributed by atoms with van der Waals surface area (Å²) in [7, 11) is 0. The topological polar surface area (TPSA) is 81.2 Å². The second-order valence-corrected chi connectivity index (χ2v) is 7.59. The van der Waals surface area contributed by atoms with Crippen LogP contribution in [0.5, 0.6) is 0 Å². The minimum absolute atomic E-state index is 0. The summed E-state index contributed by atoms with van der Waals surface area (Å²) in [5, 5.41) is 5.57. The fourth-order valence-electron chi connectivity index (χ4n) is 3.39. The molecule has 3 rings (SSSR count). The van der Waals surface area contributed by atoms with Crippen LogP contribution < -0.4 is 11.3 Å². The highest BCUT2D eigenvalue weighted by Gasteiger charge is 2.22. The maximum Gasteiger partial charge on any atom is 0.275 e. The zero-order chi connectivity index (χ0) is 20.8. The molecule has 0 saturated heterocycles. The highest BCUT2D eigenvalue weighted by molar-refractivity contribution is 6.04. The van der Waals surface area contributed by atoms with Crippen molar-refractivity contribution < 1.29 is 4.79 Å². The fourth-order valence-corrected chi connectivity index (χ4v) is 3.39. The van der Waals surface area contributed by atoms with Crippen molar-refractivity contribution in [3.63, 3.8) is 0 Å². The van der Waals surface area contributed by atoms with Gasteiger partial charge in [-0.1, -0.05) is 62.4 Å². The number of halogens is 1. The maximum absolute atomic E-state index is 13.4. The van der Waals surface area contributed by atoms with Crippen LogP contribution in [0.3, 0.4) is 0 Å². The summed E-state index contributed by atoms with van der Waals surface area (Å²) in [6.45, 7) is 5.84. The van der Waals surface area contributed by atoms with E-state index >= 15 is 0 Å². The molecule has 1 aromatic heterocycles. The van der Waals surface area contributed by atoms with Crippen molar-refractivity contribution in [1.82, 2.24) is 14.7 Å². The molecule has 2 N–H and O–H groups in total. The van der Waals surface area contributed by atoms with Crippen LogP contribution in [0.2, 0.25) is 0 Å². The number of benzene rings is 2. The quantitative estimate of drug-likeness (QED) is 0.597. The van der Waals surface area contributed by atoms with E-state index in [0.717, 1.165) is 12.0 Å². The van der Waals surface area contributed by atoms with Gasteiger partial charge in [-0.3, -0.25) is 9.59 Å². The first kappa shape index (κ1) is 23.6. The number of amides is 1. The van der Waals surface area contributed by atoms with Crippen molar-refractivity contribution >= 4 is 29.1 Å². The van der Waals surface area contributed by atoms with Crippen LogP contribution in [0, 0.1) is 5.92 Å². The van der Waals surface area contributed by atoms with Gasteiger partial charge in [-0.2, -0.15) is 5.10 Å². The van der Waals surface area contributed by atoms with Crippen molar-refractivity contribution in [3.05, 3.63) is 76.2 Å². The van der Waals surface area contributed by atoms with Crippen LogP contribution in [-0.4, -0.2) is 40.2 Å². The van der Waals surface area contributed by atoms with Gasteiger partial charge in [0.15, 0.2) is 5.69 Å². The molecular formula is C23H29ClN4O2. The number of hydrogen-bond acceptors (Lipinski definition) is 4. The number of rotatable bonds is 8. The van der Waals surface area contributed by atoms with Crippen LogP contribution >= 0.6 is 12.4 Å². The minimum atomic E-state index is -0.194. The zero-order valence-electron chi connectivity index (χ0n) is 17.5. The largest absolute Gasteiger partial charge is 0.336 e. The predicted octanol–water partition coefficient (Wildman–Crippen LogP) is 3.12. The lowest BCUT2D eigenvalue weighted by Gasteiger charge is -2.23. The average Bonchev–Trinajstić information content (AvgIpc) is 2.73. The summed E-state index contributed by atoms with van der Waals surface area (Å²) in [4.78, 5) is 27.9. The van der Waals surface area contributed by atoms with Gasteiger partial charge in [0.25, 0.3) is 11.5 Å². The third-order valence-electron chi connectivity index (χ3n) is 4.81. The van der Waals surface area contributed by atoms with Gasteiger partial charge in [-0.15, -0.1) is 12.4 Å². The summed E-state index contributed by atoms with van der Waals surface area (Å²) >= 11 is 0. The maximum atomic E-state index is 13.4. The van der Waals surface area contributed by atoms with Gasteiger partial charge in [0.1, 0.15) is 0 Å². The summed E-state index contributed by atoms with van der Waals surface area (Å²) in [6, 6.07) is 17.2. The molecular weight excluding hydrogens is 400 g/mol. The number of nitrogens with two attached hydrogens (primary N) is 1. The van der Waals surface area contributed by atoms with E-state index in [1.165, 1.54) is 4.68 Å². The molecule has 3 aromatic rings. The molecule has 30 heavy (non-hydrogen) atoms. The Bertz CT molecular complexity index is 1030. The highest BCUT2D eigenvalue weighted by Crippen LogP contribution is 2.16. The standard InChI is InChI=1S/C23H28N4O2.ClH/c1-17(2)16-27-22(28)20-11-7-6-10-19(20)21(25-27)23(29)26(15-13-24)14-12-18-8-4-3-5-9-18;/h3-11,17H,12-16,24H2,1-2H3;1H. The summed E-state index contributed by atoms with van der Waals surface area (Å²) in [5.41, 5.74) is 7.08. The monoisotopic (exact) mass is 428 g/mol. The molecule has 160 valence electrons. The van der Waals surface area contributed by atoms with E-state index in [0.29, 0.717) is 42.6 Å².